The molecule has 0 aliphatic carbocycles. The fourth-order valence-electron chi connectivity index (χ4n) is 2.80. The molecule has 4 nitrogen and oxygen atoms in total. The van der Waals surface area contributed by atoms with E-state index < -0.39 is 11.2 Å². The monoisotopic (exact) mass is 270 g/mol. The second-order valence-corrected chi connectivity index (χ2v) is 6.84. The highest BCUT2D eigenvalue weighted by molar-refractivity contribution is 5.03. The first-order chi connectivity index (χ1) is 8.69. The van der Waals surface area contributed by atoms with E-state index in [9.17, 15) is 5.11 Å². The van der Waals surface area contributed by atoms with E-state index in [1.54, 1.807) is 13.8 Å². The minimum atomic E-state index is -0.881. The number of ether oxygens (including phenoxy) is 1. The molecule has 4 heteroatoms. The van der Waals surface area contributed by atoms with E-state index in [0.29, 0.717) is 0 Å². The van der Waals surface area contributed by atoms with Gasteiger partial charge in [-0.3, -0.25) is 0 Å². The van der Waals surface area contributed by atoms with E-state index in [-0.39, 0.29) is 17.8 Å². The minimum absolute atomic E-state index is 0.0123. The first kappa shape index (κ1) is 15.0. The number of hydrogen-bond donors (Lipinski definition) is 1. The Morgan fingerprint density at radius 3 is 2.37 bits per heavy atom. The van der Waals surface area contributed by atoms with Crippen molar-refractivity contribution < 1.29 is 19.6 Å². The Bertz CT molecular complexity index is 339. The molecule has 1 N–H and O–H groups in total. The topological polar surface area (TPSA) is 47.9 Å². The number of hydrogen-bond acceptors (Lipinski definition) is 4. The lowest BCUT2D eigenvalue weighted by Crippen LogP contribution is -2.51. The molecule has 4 unspecified atom stereocenters. The van der Waals surface area contributed by atoms with Crippen LogP contribution in [0, 0.1) is 0 Å². The summed E-state index contributed by atoms with van der Waals surface area (Å²) in [5.74, 6) is 0. The third kappa shape index (κ3) is 3.02. The molecule has 2 aliphatic heterocycles. The Kier molecular flexibility index (Phi) is 3.82. The molecular formula is C15H26O4. The highest BCUT2D eigenvalue weighted by Crippen LogP contribution is 2.42. The number of aliphatic hydroxyl groups is 1. The molecule has 4 atom stereocenters. The van der Waals surface area contributed by atoms with Crippen molar-refractivity contribution in [2.24, 2.45) is 0 Å². The molecular weight excluding hydrogens is 244 g/mol. The van der Waals surface area contributed by atoms with Gasteiger partial charge in [-0.25, -0.2) is 9.78 Å². The summed E-state index contributed by atoms with van der Waals surface area (Å²) in [5, 5.41) is 9.95. The Labute approximate surface area is 115 Å². The van der Waals surface area contributed by atoms with Crippen molar-refractivity contribution in [1.82, 2.24) is 0 Å². The van der Waals surface area contributed by atoms with Crippen molar-refractivity contribution in [1.29, 1.82) is 0 Å². The first-order valence-electron chi connectivity index (χ1n) is 7.07. The zero-order valence-electron chi connectivity index (χ0n) is 12.4. The first-order valence-corrected chi connectivity index (χ1v) is 7.07. The van der Waals surface area contributed by atoms with Gasteiger partial charge in [-0.05, 0) is 53.4 Å². The van der Waals surface area contributed by atoms with Gasteiger partial charge in [0.2, 0.25) is 0 Å². The quantitative estimate of drug-likeness (QED) is 0.633. The molecule has 0 saturated carbocycles. The van der Waals surface area contributed by atoms with Crippen molar-refractivity contribution in [2.45, 2.75) is 82.4 Å². The molecule has 0 spiro atoms. The van der Waals surface area contributed by atoms with Crippen LogP contribution in [0.3, 0.4) is 0 Å². The maximum atomic E-state index is 9.95. The van der Waals surface area contributed by atoms with Gasteiger partial charge in [0.1, 0.15) is 11.7 Å². The van der Waals surface area contributed by atoms with Gasteiger partial charge in [0.15, 0.2) is 0 Å². The second-order valence-electron chi connectivity index (χ2n) is 6.84. The molecule has 2 saturated heterocycles. The lowest BCUT2D eigenvalue weighted by molar-refractivity contribution is -0.435. The molecule has 110 valence electrons. The van der Waals surface area contributed by atoms with Crippen LogP contribution in [0.4, 0.5) is 0 Å². The van der Waals surface area contributed by atoms with Gasteiger partial charge in [-0.1, -0.05) is 6.08 Å². The van der Waals surface area contributed by atoms with Crippen LogP contribution in [0.15, 0.2) is 12.7 Å². The zero-order chi connectivity index (χ0) is 14.3. The van der Waals surface area contributed by atoms with Crippen LogP contribution >= 0.6 is 0 Å². The van der Waals surface area contributed by atoms with E-state index >= 15 is 0 Å². The SMILES string of the molecule is C=CC1(C)CCC(C2(C)CCC(C(C)(C)O)OO2)O1. The molecule has 0 aromatic heterocycles. The zero-order valence-corrected chi connectivity index (χ0v) is 12.4. The fraction of sp³-hybridized carbons (Fsp3) is 0.867. The lowest BCUT2D eigenvalue weighted by Gasteiger charge is -2.42. The summed E-state index contributed by atoms with van der Waals surface area (Å²) >= 11 is 0. The second kappa shape index (κ2) is 4.85. The van der Waals surface area contributed by atoms with Crippen LogP contribution in [-0.2, 0) is 14.5 Å². The van der Waals surface area contributed by atoms with Gasteiger partial charge in [-0.2, -0.15) is 0 Å². The van der Waals surface area contributed by atoms with Crippen LogP contribution in [0.2, 0.25) is 0 Å². The van der Waals surface area contributed by atoms with Gasteiger partial charge in [-0.15, -0.1) is 6.58 Å². The van der Waals surface area contributed by atoms with E-state index in [0.717, 1.165) is 25.7 Å². The third-order valence-corrected chi connectivity index (χ3v) is 4.47. The van der Waals surface area contributed by atoms with Gasteiger partial charge in [0.25, 0.3) is 0 Å². The molecule has 19 heavy (non-hydrogen) atoms. The maximum absolute atomic E-state index is 9.95. The van der Waals surface area contributed by atoms with Crippen LogP contribution in [-0.4, -0.2) is 34.1 Å². The van der Waals surface area contributed by atoms with Gasteiger partial charge in [0.05, 0.1) is 17.3 Å². The molecule has 2 rings (SSSR count). The minimum Gasteiger partial charge on any atom is -0.388 e. The standard InChI is InChI=1S/C15H26O4/c1-6-14(4)9-7-12(17-14)15(5)10-8-11(18-19-15)13(2,3)16/h6,11-12,16H,1,7-10H2,2-5H3. The molecule has 0 amide bonds. The summed E-state index contributed by atoms with van der Waals surface area (Å²) in [4.78, 5) is 11.0. The van der Waals surface area contributed by atoms with Crippen LogP contribution in [0.5, 0.6) is 0 Å². The van der Waals surface area contributed by atoms with Crippen LogP contribution < -0.4 is 0 Å². The van der Waals surface area contributed by atoms with Crippen molar-refractivity contribution >= 4 is 0 Å². The number of rotatable bonds is 3. The predicted octanol–water partition coefficient (Wildman–Crippen LogP) is 2.75. The van der Waals surface area contributed by atoms with Crippen molar-refractivity contribution in [2.75, 3.05) is 0 Å². The summed E-state index contributed by atoms with van der Waals surface area (Å²) in [6.45, 7) is 11.4. The van der Waals surface area contributed by atoms with E-state index in [1.807, 2.05) is 19.9 Å². The molecule has 0 radical (unpaired) electrons. The van der Waals surface area contributed by atoms with E-state index in [4.69, 9.17) is 14.5 Å². The largest absolute Gasteiger partial charge is 0.388 e. The fourth-order valence-corrected chi connectivity index (χ4v) is 2.80. The average molecular weight is 270 g/mol. The van der Waals surface area contributed by atoms with Crippen LogP contribution in [0.1, 0.15) is 53.4 Å². The summed E-state index contributed by atoms with van der Waals surface area (Å²) in [7, 11) is 0. The Morgan fingerprint density at radius 1 is 1.26 bits per heavy atom. The Morgan fingerprint density at radius 2 is 1.95 bits per heavy atom. The van der Waals surface area contributed by atoms with Gasteiger partial charge < -0.3 is 9.84 Å². The molecule has 2 fully saturated rings. The highest BCUT2D eigenvalue weighted by atomic mass is 17.2. The molecule has 0 aromatic rings. The molecule has 0 bridgehead atoms. The molecule has 2 aliphatic rings. The predicted molar refractivity (Wildman–Crippen MR) is 72.6 cm³/mol. The summed E-state index contributed by atoms with van der Waals surface area (Å²) < 4.78 is 6.08. The van der Waals surface area contributed by atoms with E-state index in [2.05, 4.69) is 6.58 Å². The average Bonchev–Trinajstić information content (AvgIpc) is 2.73. The molecule has 0 aromatic carbocycles. The third-order valence-electron chi connectivity index (χ3n) is 4.47. The van der Waals surface area contributed by atoms with Gasteiger partial charge in [0, 0.05) is 0 Å². The summed E-state index contributed by atoms with van der Waals surface area (Å²) in [5.41, 5.74) is -1.58. The van der Waals surface area contributed by atoms with Crippen LogP contribution in [0.25, 0.3) is 0 Å². The maximum Gasteiger partial charge on any atom is 0.127 e. The van der Waals surface area contributed by atoms with Gasteiger partial charge >= 0.3 is 0 Å². The smallest absolute Gasteiger partial charge is 0.127 e. The Balaban J connectivity index is 1.98. The lowest BCUT2D eigenvalue weighted by atomic mass is 9.86. The Hall–Kier alpha value is -0.420. The summed E-state index contributed by atoms with van der Waals surface area (Å²) in [6, 6.07) is 0. The normalized spacial score (nSPS) is 44.3. The van der Waals surface area contributed by atoms with E-state index in [1.165, 1.54) is 0 Å². The molecule has 2 heterocycles. The highest BCUT2D eigenvalue weighted by Gasteiger charge is 2.49. The van der Waals surface area contributed by atoms with Crippen molar-refractivity contribution in [3.05, 3.63) is 12.7 Å². The van der Waals surface area contributed by atoms with Crippen molar-refractivity contribution in [3.8, 4) is 0 Å². The summed E-state index contributed by atoms with van der Waals surface area (Å²) in [6.07, 6.45) is 5.07. The van der Waals surface area contributed by atoms with Crippen molar-refractivity contribution in [3.63, 3.8) is 0 Å².